The van der Waals surface area contributed by atoms with Gasteiger partial charge in [0.15, 0.2) is 0 Å². The predicted octanol–water partition coefficient (Wildman–Crippen LogP) is 1.12. The van der Waals surface area contributed by atoms with E-state index in [1.165, 1.54) is 0 Å². The van der Waals surface area contributed by atoms with Crippen molar-refractivity contribution >= 4 is 23.6 Å². The van der Waals surface area contributed by atoms with E-state index in [0.717, 1.165) is 21.5 Å². The van der Waals surface area contributed by atoms with Gasteiger partial charge < -0.3 is 5.84 Å². The number of aromatic nitrogens is 1. The van der Waals surface area contributed by atoms with Crippen LogP contribution in [0.15, 0.2) is 36.4 Å². The number of nitrogen functional groups attached to an aromatic ring is 1. The monoisotopic (exact) mass is 198 g/mol. The number of fused-ring (bicyclic) bond motifs is 1. The topological polar surface area (TPSA) is 30.9 Å². The summed E-state index contributed by atoms with van der Waals surface area (Å²) < 4.78 is 1.63. The van der Waals surface area contributed by atoms with E-state index in [2.05, 4.69) is 12.6 Å². The fourth-order valence-corrected chi connectivity index (χ4v) is 1.72. The second-order valence-corrected chi connectivity index (χ2v) is 3.44. The average molecular weight is 198 g/mol. The van der Waals surface area contributed by atoms with Crippen molar-refractivity contribution < 1.29 is 0 Å². The maximum Gasteiger partial charge on any atom is 0.0703 e. The van der Waals surface area contributed by atoms with E-state index in [0.29, 0.717) is 0 Å². The van der Waals surface area contributed by atoms with Gasteiger partial charge in [0.1, 0.15) is 0 Å². The van der Waals surface area contributed by atoms with Crippen LogP contribution in [0.25, 0.3) is 23.6 Å². The van der Waals surface area contributed by atoms with Crippen molar-refractivity contribution in [2.24, 2.45) is 0 Å². The van der Waals surface area contributed by atoms with E-state index in [1.54, 1.807) is 4.68 Å². The van der Waals surface area contributed by atoms with E-state index in [1.807, 2.05) is 43.4 Å². The SMILES string of the molecule is C=c1/c(=C\C=C/C)c2ccccc2n1N. The number of hydrogen-bond donors (Lipinski definition) is 1. The molecule has 0 amide bonds. The lowest BCUT2D eigenvalue weighted by atomic mass is 10.2. The number of hydrogen-bond acceptors (Lipinski definition) is 1. The Morgan fingerprint density at radius 3 is 2.80 bits per heavy atom. The lowest BCUT2D eigenvalue weighted by molar-refractivity contribution is 1.02. The molecule has 2 aromatic rings. The van der Waals surface area contributed by atoms with Crippen LogP contribution in [0.5, 0.6) is 0 Å². The lowest BCUT2D eigenvalue weighted by Gasteiger charge is -1.93. The van der Waals surface area contributed by atoms with Crippen LogP contribution in [-0.2, 0) is 0 Å². The number of rotatable bonds is 1. The molecule has 2 rings (SSSR count). The second kappa shape index (κ2) is 3.65. The fraction of sp³-hybridized carbons (Fsp3) is 0.0769. The van der Waals surface area contributed by atoms with E-state index >= 15 is 0 Å². The van der Waals surface area contributed by atoms with Gasteiger partial charge in [-0.1, -0.05) is 43.0 Å². The largest absolute Gasteiger partial charge is 0.339 e. The molecule has 0 fully saturated rings. The smallest absolute Gasteiger partial charge is 0.0703 e. The van der Waals surface area contributed by atoms with Gasteiger partial charge in [-0.2, -0.15) is 0 Å². The summed E-state index contributed by atoms with van der Waals surface area (Å²) >= 11 is 0. The minimum absolute atomic E-state index is 0.842. The van der Waals surface area contributed by atoms with Crippen molar-refractivity contribution in [3.63, 3.8) is 0 Å². The van der Waals surface area contributed by atoms with Crippen LogP contribution in [0, 0.1) is 0 Å². The zero-order valence-corrected chi connectivity index (χ0v) is 8.77. The molecule has 2 N–H and O–H groups in total. The van der Waals surface area contributed by atoms with Crippen LogP contribution >= 0.6 is 0 Å². The molecule has 1 aromatic heterocycles. The molecule has 0 saturated heterocycles. The molecular formula is C13H14N2. The first-order valence-electron chi connectivity index (χ1n) is 4.92. The summed E-state index contributed by atoms with van der Waals surface area (Å²) in [6.07, 6.45) is 6.02. The summed E-state index contributed by atoms with van der Waals surface area (Å²) in [6.45, 7) is 5.97. The highest BCUT2D eigenvalue weighted by atomic mass is 15.3. The van der Waals surface area contributed by atoms with E-state index in [4.69, 9.17) is 5.84 Å². The molecule has 0 bridgehead atoms. The van der Waals surface area contributed by atoms with Crippen molar-refractivity contribution in [3.8, 4) is 0 Å². The van der Waals surface area contributed by atoms with Crippen LogP contribution in [0.4, 0.5) is 0 Å². The van der Waals surface area contributed by atoms with Crippen LogP contribution in [-0.4, -0.2) is 4.68 Å². The first-order chi connectivity index (χ1) is 7.25. The highest BCUT2D eigenvalue weighted by Gasteiger charge is 2.01. The normalized spacial score (nSPS) is 13.0. The molecule has 0 aliphatic heterocycles. The van der Waals surface area contributed by atoms with Crippen molar-refractivity contribution in [1.82, 2.24) is 4.68 Å². The van der Waals surface area contributed by atoms with Crippen molar-refractivity contribution in [2.45, 2.75) is 6.92 Å². The summed E-state index contributed by atoms with van der Waals surface area (Å²) in [5.74, 6) is 5.92. The van der Waals surface area contributed by atoms with Gasteiger partial charge in [-0.05, 0) is 13.0 Å². The van der Waals surface area contributed by atoms with Gasteiger partial charge in [-0.3, -0.25) is 4.68 Å². The molecule has 0 saturated carbocycles. The Morgan fingerprint density at radius 2 is 2.07 bits per heavy atom. The predicted molar refractivity (Wildman–Crippen MR) is 66.1 cm³/mol. The second-order valence-electron chi connectivity index (χ2n) is 3.44. The number of allylic oxidation sites excluding steroid dienone is 2. The number of nitrogens with two attached hydrogens (primary N) is 1. The zero-order valence-electron chi connectivity index (χ0n) is 8.77. The van der Waals surface area contributed by atoms with E-state index in [9.17, 15) is 0 Å². The van der Waals surface area contributed by atoms with E-state index < -0.39 is 0 Å². The highest BCUT2D eigenvalue weighted by molar-refractivity contribution is 5.82. The Hall–Kier alpha value is -1.96. The summed E-state index contributed by atoms with van der Waals surface area (Å²) in [5.41, 5.74) is 1.01. The molecule has 0 atom stereocenters. The van der Waals surface area contributed by atoms with E-state index in [-0.39, 0.29) is 0 Å². The zero-order chi connectivity index (χ0) is 10.8. The third-order valence-corrected chi connectivity index (χ3v) is 2.51. The molecule has 1 heterocycles. The maximum atomic E-state index is 5.92. The lowest BCUT2D eigenvalue weighted by Crippen LogP contribution is -2.31. The Balaban J connectivity index is 2.97. The molecule has 0 radical (unpaired) electrons. The molecule has 2 heteroatoms. The molecule has 0 spiro atoms. The van der Waals surface area contributed by atoms with Gasteiger partial charge in [0, 0.05) is 10.6 Å². The number of para-hydroxylation sites is 1. The first-order valence-corrected chi connectivity index (χ1v) is 4.92. The Kier molecular flexibility index (Phi) is 2.34. The first kappa shape index (κ1) is 9.59. The molecule has 0 aliphatic rings. The maximum absolute atomic E-state index is 5.92. The number of benzene rings is 1. The summed E-state index contributed by atoms with van der Waals surface area (Å²) in [6, 6.07) is 8.04. The van der Waals surface area contributed by atoms with Crippen molar-refractivity contribution in [1.29, 1.82) is 0 Å². The molecule has 76 valence electrons. The Bertz CT molecular complexity index is 618. The standard InChI is InChI=1S/C13H14N2/c1-3-4-7-11-10(2)15(14)13-9-6-5-8-12(11)13/h3-9H,2,14H2,1H3/b4-3-,11-7+. The van der Waals surface area contributed by atoms with Crippen LogP contribution in [0.1, 0.15) is 6.92 Å². The summed E-state index contributed by atoms with van der Waals surface area (Å²) in [4.78, 5) is 0. The van der Waals surface area contributed by atoms with Crippen LogP contribution < -0.4 is 16.4 Å². The third-order valence-electron chi connectivity index (χ3n) is 2.51. The molecule has 15 heavy (non-hydrogen) atoms. The van der Waals surface area contributed by atoms with Gasteiger partial charge in [0.05, 0.1) is 10.9 Å². The Labute approximate surface area is 88.6 Å². The van der Waals surface area contributed by atoms with Gasteiger partial charge >= 0.3 is 0 Å². The summed E-state index contributed by atoms with van der Waals surface area (Å²) in [5, 5.41) is 3.07. The number of nitrogens with zero attached hydrogens (tertiary/aromatic N) is 1. The Morgan fingerprint density at radius 1 is 1.33 bits per heavy atom. The molecule has 2 nitrogen and oxygen atoms in total. The third kappa shape index (κ3) is 1.44. The van der Waals surface area contributed by atoms with Crippen LogP contribution in [0.2, 0.25) is 0 Å². The minimum Gasteiger partial charge on any atom is -0.339 e. The van der Waals surface area contributed by atoms with Crippen molar-refractivity contribution in [3.05, 3.63) is 47.0 Å². The molecule has 1 aromatic carbocycles. The van der Waals surface area contributed by atoms with Gasteiger partial charge in [-0.15, -0.1) is 0 Å². The van der Waals surface area contributed by atoms with Gasteiger partial charge in [0.25, 0.3) is 0 Å². The quantitative estimate of drug-likeness (QED) is 0.684. The molecular weight excluding hydrogens is 184 g/mol. The van der Waals surface area contributed by atoms with Crippen LogP contribution in [0.3, 0.4) is 0 Å². The minimum atomic E-state index is 0.842. The highest BCUT2D eigenvalue weighted by Crippen LogP contribution is 2.05. The molecule has 0 unspecified atom stereocenters. The van der Waals surface area contributed by atoms with Gasteiger partial charge in [-0.25, -0.2) is 0 Å². The fourth-order valence-electron chi connectivity index (χ4n) is 1.72. The van der Waals surface area contributed by atoms with Gasteiger partial charge in [0.2, 0.25) is 0 Å². The molecule has 0 aliphatic carbocycles. The van der Waals surface area contributed by atoms with Crippen molar-refractivity contribution in [2.75, 3.05) is 5.84 Å². The summed E-state index contributed by atoms with van der Waals surface area (Å²) in [7, 11) is 0. The average Bonchev–Trinajstić information content (AvgIpc) is 2.51.